The number of hydrogen-bond acceptors (Lipinski definition) is 9. The molecule has 3 aromatic rings. The van der Waals surface area contributed by atoms with Crippen molar-refractivity contribution in [2.75, 3.05) is 51.4 Å². The SMILES string of the molecule is CO[C@@]1(c2cncc(CN3CCOCC3)c2)/C=C/C[C@H](C)[C@@H](C)S(=O)(=O)NC(=O)c2ccc3c(c2)N(CCCCc2cc(Cl)ccc2CO3)C[C@@H]2CC[C@H]21. The number of aromatic nitrogens is 1. The normalized spacial score (nSPS) is 28.6. The van der Waals surface area contributed by atoms with Crippen molar-refractivity contribution < 1.29 is 27.4 Å². The van der Waals surface area contributed by atoms with E-state index in [1.807, 2.05) is 37.5 Å². The van der Waals surface area contributed by atoms with Gasteiger partial charge in [0.2, 0.25) is 10.0 Å². The van der Waals surface area contributed by atoms with Crippen LogP contribution in [-0.2, 0) is 44.7 Å². The van der Waals surface area contributed by atoms with Crippen molar-refractivity contribution in [3.05, 3.63) is 99.9 Å². The van der Waals surface area contributed by atoms with Crippen molar-refractivity contribution in [2.45, 2.75) is 76.4 Å². The summed E-state index contributed by atoms with van der Waals surface area (Å²) in [5, 5.41) is -0.114. The molecule has 1 N–H and O–H groups in total. The Kier molecular flexibility index (Phi) is 12.0. The van der Waals surface area contributed by atoms with Gasteiger partial charge in [0.25, 0.3) is 5.91 Å². The van der Waals surface area contributed by atoms with Crippen molar-refractivity contribution in [1.82, 2.24) is 14.6 Å². The summed E-state index contributed by atoms with van der Waals surface area (Å²) in [5.74, 6) is 0.121. The number of anilines is 1. The number of nitrogens with zero attached hydrogens (tertiary/aromatic N) is 3. The Bertz CT molecular complexity index is 1950. The molecule has 4 heterocycles. The fourth-order valence-corrected chi connectivity index (χ4v) is 10.0. The third-order valence-corrected chi connectivity index (χ3v) is 14.3. The van der Waals surface area contributed by atoms with Crippen LogP contribution in [0.15, 0.2) is 67.0 Å². The van der Waals surface area contributed by atoms with E-state index in [4.69, 9.17) is 30.8 Å². The number of allylic oxidation sites excluding steroid dienone is 1. The fourth-order valence-electron chi connectivity index (χ4n) is 8.53. The number of ether oxygens (including phenoxy) is 3. The molecule has 1 saturated carbocycles. The number of pyridine rings is 1. The number of halogens is 1. The zero-order chi connectivity index (χ0) is 37.9. The zero-order valence-corrected chi connectivity index (χ0v) is 33.2. The molecule has 7 rings (SSSR count). The maximum Gasteiger partial charge on any atom is 0.264 e. The number of methoxy groups -OCH3 is 1. The molecule has 2 aromatic carbocycles. The Morgan fingerprint density at radius 3 is 2.63 bits per heavy atom. The number of hydrogen-bond donors (Lipinski definition) is 1. The Labute approximate surface area is 325 Å². The van der Waals surface area contributed by atoms with Gasteiger partial charge in [0.05, 0.1) is 24.2 Å². The number of rotatable bonds is 4. The fraction of sp³-hybridized carbons (Fsp3) is 0.524. The highest BCUT2D eigenvalue weighted by molar-refractivity contribution is 7.90. The molecule has 1 aliphatic carbocycles. The van der Waals surface area contributed by atoms with Crippen LogP contribution >= 0.6 is 11.6 Å². The highest BCUT2D eigenvalue weighted by Crippen LogP contribution is 2.51. The van der Waals surface area contributed by atoms with Crippen LogP contribution in [0.25, 0.3) is 0 Å². The summed E-state index contributed by atoms with van der Waals surface area (Å²) >= 11 is 6.41. The Balaban J connectivity index is 1.29. The van der Waals surface area contributed by atoms with Gasteiger partial charge in [-0.15, -0.1) is 0 Å². The second-order valence-corrected chi connectivity index (χ2v) is 18.0. The Morgan fingerprint density at radius 1 is 1.02 bits per heavy atom. The average Bonchev–Trinajstić information content (AvgIpc) is 3.18. The number of carbonyl (C=O) groups is 1. The number of morpholine rings is 1. The first-order valence-electron chi connectivity index (χ1n) is 19.4. The van der Waals surface area contributed by atoms with E-state index in [9.17, 15) is 13.2 Å². The van der Waals surface area contributed by atoms with Crippen LogP contribution in [0.1, 0.15) is 78.6 Å². The minimum absolute atomic E-state index is 0.129. The number of sulfonamides is 1. The molecule has 2 bridgehead atoms. The molecule has 0 unspecified atom stereocenters. The van der Waals surface area contributed by atoms with Gasteiger partial charge < -0.3 is 19.1 Å². The molecule has 0 spiro atoms. The van der Waals surface area contributed by atoms with E-state index in [-0.39, 0.29) is 23.3 Å². The summed E-state index contributed by atoms with van der Waals surface area (Å²) in [6, 6.07) is 13.4. The van der Waals surface area contributed by atoms with Gasteiger partial charge in [-0.1, -0.05) is 36.7 Å². The molecule has 290 valence electrons. The number of amides is 1. The van der Waals surface area contributed by atoms with Crippen molar-refractivity contribution in [2.24, 2.45) is 17.8 Å². The van der Waals surface area contributed by atoms with Gasteiger partial charge in [-0.05, 0) is 110 Å². The van der Waals surface area contributed by atoms with E-state index in [2.05, 4.69) is 32.7 Å². The van der Waals surface area contributed by atoms with Crippen LogP contribution < -0.4 is 14.4 Å². The van der Waals surface area contributed by atoms with E-state index < -0.39 is 26.8 Å². The van der Waals surface area contributed by atoms with Crippen molar-refractivity contribution in [3.8, 4) is 5.75 Å². The molecule has 0 radical (unpaired) electrons. The number of aryl methyl sites for hydroxylation is 1. The maximum atomic E-state index is 13.6. The lowest BCUT2D eigenvalue weighted by Crippen LogP contribution is -2.49. The van der Waals surface area contributed by atoms with Crippen LogP contribution in [0.4, 0.5) is 5.69 Å². The standard InChI is InChI=1S/C42H53ClN4O6S/c1-29-7-6-15-42(51-3,36-21-31(24-44-25-36)26-46-17-19-52-20-18-46)38-13-10-34(38)27-47-16-5-4-8-32-22-37(43)12-9-35(32)28-53-40-14-11-33(23-39(40)47)41(48)45-54(49,50)30(29)2/h6,9,11-12,14-15,21-25,29-30,34,38H,4-5,7-8,10,13,16-20,26-28H2,1-3H3,(H,45,48)/b15-6+/t29-,30+,34-,38+,42+/m0/s1. The van der Waals surface area contributed by atoms with E-state index >= 15 is 0 Å². The van der Waals surface area contributed by atoms with Crippen molar-refractivity contribution in [3.63, 3.8) is 0 Å². The van der Waals surface area contributed by atoms with Crippen LogP contribution in [0.5, 0.6) is 5.75 Å². The predicted molar refractivity (Wildman–Crippen MR) is 211 cm³/mol. The second kappa shape index (κ2) is 16.7. The molecule has 1 saturated heterocycles. The van der Waals surface area contributed by atoms with E-state index in [1.165, 1.54) is 5.56 Å². The molecule has 12 heteroatoms. The summed E-state index contributed by atoms with van der Waals surface area (Å²) in [7, 11) is -2.21. The van der Waals surface area contributed by atoms with Crippen LogP contribution in [0.3, 0.4) is 0 Å². The number of nitrogens with one attached hydrogen (secondary N) is 1. The Morgan fingerprint density at radius 2 is 1.85 bits per heavy atom. The Hall–Kier alpha value is -3.48. The quantitative estimate of drug-likeness (QED) is 0.283. The van der Waals surface area contributed by atoms with Crippen molar-refractivity contribution >= 4 is 33.2 Å². The lowest BCUT2D eigenvalue weighted by Gasteiger charge is -2.50. The van der Waals surface area contributed by atoms with Gasteiger partial charge in [-0.3, -0.25) is 14.7 Å². The maximum absolute atomic E-state index is 13.6. The van der Waals surface area contributed by atoms with Gasteiger partial charge in [0, 0.05) is 74.3 Å². The lowest BCUT2D eigenvalue weighted by molar-refractivity contribution is -0.0806. The first-order chi connectivity index (χ1) is 26.1. The smallest absolute Gasteiger partial charge is 0.264 e. The molecule has 3 aliphatic heterocycles. The predicted octanol–water partition coefficient (Wildman–Crippen LogP) is 6.90. The minimum Gasteiger partial charge on any atom is -0.487 e. The highest BCUT2D eigenvalue weighted by atomic mass is 35.5. The lowest BCUT2D eigenvalue weighted by atomic mass is 9.62. The van der Waals surface area contributed by atoms with E-state index in [0.717, 1.165) is 100 Å². The van der Waals surface area contributed by atoms with E-state index in [0.29, 0.717) is 23.8 Å². The topological polar surface area (TPSA) is 110 Å². The monoisotopic (exact) mass is 776 g/mol. The summed E-state index contributed by atoms with van der Waals surface area (Å²) in [5.41, 5.74) is 4.66. The highest BCUT2D eigenvalue weighted by Gasteiger charge is 2.49. The molecule has 1 amide bonds. The second-order valence-electron chi connectivity index (χ2n) is 15.5. The molecule has 2 fully saturated rings. The molecular weight excluding hydrogens is 724 g/mol. The summed E-state index contributed by atoms with van der Waals surface area (Å²) in [6.45, 7) is 9.38. The number of carbonyl (C=O) groups excluding carboxylic acids is 1. The number of benzene rings is 2. The summed E-state index contributed by atoms with van der Waals surface area (Å²) in [4.78, 5) is 23.1. The number of fused-ring (bicyclic) bond motifs is 3. The summed E-state index contributed by atoms with van der Waals surface area (Å²) in [6.07, 6.45) is 13.3. The minimum atomic E-state index is -3.99. The average molecular weight is 777 g/mol. The van der Waals surface area contributed by atoms with Crippen LogP contribution in [0.2, 0.25) is 5.02 Å². The van der Waals surface area contributed by atoms with Gasteiger partial charge in [0.15, 0.2) is 0 Å². The molecule has 5 atom stereocenters. The molecule has 54 heavy (non-hydrogen) atoms. The first-order valence-corrected chi connectivity index (χ1v) is 21.3. The molecule has 4 aliphatic rings. The third-order valence-electron chi connectivity index (χ3n) is 12.2. The van der Waals surface area contributed by atoms with Gasteiger partial charge in [-0.2, -0.15) is 0 Å². The van der Waals surface area contributed by atoms with Gasteiger partial charge >= 0.3 is 0 Å². The van der Waals surface area contributed by atoms with Gasteiger partial charge in [-0.25, -0.2) is 13.1 Å². The summed E-state index contributed by atoms with van der Waals surface area (Å²) < 4.78 is 48.5. The molecule has 10 nitrogen and oxygen atoms in total. The molecule has 1 aromatic heterocycles. The third kappa shape index (κ3) is 8.35. The van der Waals surface area contributed by atoms with Crippen LogP contribution in [-0.4, -0.2) is 76.0 Å². The van der Waals surface area contributed by atoms with Gasteiger partial charge in [0.1, 0.15) is 18.0 Å². The zero-order valence-electron chi connectivity index (χ0n) is 31.6. The van der Waals surface area contributed by atoms with Crippen LogP contribution in [0, 0.1) is 17.8 Å². The molecular formula is C42H53ClN4O6S. The first kappa shape index (κ1) is 38.8. The largest absolute Gasteiger partial charge is 0.487 e. The van der Waals surface area contributed by atoms with Crippen molar-refractivity contribution in [1.29, 1.82) is 0 Å². The van der Waals surface area contributed by atoms with E-state index in [1.54, 1.807) is 32.2 Å².